The van der Waals surface area contributed by atoms with Crippen LogP contribution in [0.3, 0.4) is 0 Å². The Hall–Kier alpha value is 0.620. The van der Waals surface area contributed by atoms with Crippen LogP contribution in [0.5, 0.6) is 0 Å². The van der Waals surface area contributed by atoms with Crippen LogP contribution in [0, 0.1) is 0 Å². The Balaban J connectivity index is 1.76. The van der Waals surface area contributed by atoms with Gasteiger partial charge in [-0.15, -0.1) is 0 Å². The number of thioether (sulfide) groups is 2. The summed E-state index contributed by atoms with van der Waals surface area (Å²) in [5, 5.41) is 3.64. The van der Waals surface area contributed by atoms with Gasteiger partial charge in [0.25, 0.3) is 0 Å². The van der Waals surface area contributed by atoms with E-state index in [-0.39, 0.29) is 0 Å². The van der Waals surface area contributed by atoms with Crippen molar-refractivity contribution in [1.29, 1.82) is 0 Å². The minimum atomic E-state index is 0.490. The molecule has 2 heterocycles. The SMILES string of the molecule is CC1(C)CCN(CC2CSCCN2)CCS1. The normalized spacial score (nSPS) is 32.2. The van der Waals surface area contributed by atoms with Crippen molar-refractivity contribution in [3.8, 4) is 0 Å². The highest BCUT2D eigenvalue weighted by Crippen LogP contribution is 2.30. The van der Waals surface area contributed by atoms with Crippen LogP contribution in [0.15, 0.2) is 0 Å². The lowest BCUT2D eigenvalue weighted by Crippen LogP contribution is -2.46. The maximum absolute atomic E-state index is 3.64. The van der Waals surface area contributed by atoms with Crippen LogP contribution in [0.4, 0.5) is 0 Å². The molecule has 0 spiro atoms. The lowest BCUT2D eigenvalue weighted by Gasteiger charge is -2.29. The zero-order chi connectivity index (χ0) is 11.4. The van der Waals surface area contributed by atoms with Crippen LogP contribution in [0.25, 0.3) is 0 Å². The molecule has 0 saturated carbocycles. The van der Waals surface area contributed by atoms with Gasteiger partial charge in [-0.3, -0.25) is 0 Å². The predicted molar refractivity (Wildman–Crippen MR) is 76.7 cm³/mol. The van der Waals surface area contributed by atoms with Crippen LogP contribution >= 0.6 is 23.5 Å². The van der Waals surface area contributed by atoms with E-state index in [9.17, 15) is 0 Å². The van der Waals surface area contributed by atoms with E-state index in [0.717, 1.165) is 6.04 Å². The Bertz CT molecular complexity index is 215. The molecule has 2 fully saturated rings. The van der Waals surface area contributed by atoms with Gasteiger partial charge in [0.2, 0.25) is 0 Å². The highest BCUT2D eigenvalue weighted by molar-refractivity contribution is 8.00. The molecule has 0 aromatic heterocycles. The van der Waals surface area contributed by atoms with Crippen LogP contribution in [-0.2, 0) is 0 Å². The molecule has 4 heteroatoms. The van der Waals surface area contributed by atoms with Crippen molar-refractivity contribution in [1.82, 2.24) is 10.2 Å². The molecule has 1 unspecified atom stereocenters. The molecule has 2 rings (SSSR count). The Morgan fingerprint density at radius 3 is 2.94 bits per heavy atom. The number of nitrogens with zero attached hydrogens (tertiary/aromatic N) is 1. The fourth-order valence-corrected chi connectivity index (χ4v) is 4.37. The number of rotatable bonds is 2. The molecule has 1 atom stereocenters. The third kappa shape index (κ3) is 4.13. The van der Waals surface area contributed by atoms with Gasteiger partial charge in [0.05, 0.1) is 0 Å². The smallest absolute Gasteiger partial charge is 0.0285 e. The second-order valence-corrected chi connectivity index (χ2v) is 8.34. The molecular formula is C12H24N2S2. The van der Waals surface area contributed by atoms with Gasteiger partial charge in [-0.2, -0.15) is 23.5 Å². The predicted octanol–water partition coefficient (Wildman–Crippen LogP) is 1.91. The molecule has 1 N–H and O–H groups in total. The fourth-order valence-electron chi connectivity index (χ4n) is 2.29. The van der Waals surface area contributed by atoms with E-state index in [1.54, 1.807) is 0 Å². The molecule has 0 aromatic carbocycles. The Kier molecular flexibility index (Phi) is 4.89. The molecule has 2 nitrogen and oxygen atoms in total. The highest BCUT2D eigenvalue weighted by Gasteiger charge is 2.25. The van der Waals surface area contributed by atoms with E-state index >= 15 is 0 Å². The number of hydrogen-bond acceptors (Lipinski definition) is 4. The van der Waals surface area contributed by atoms with E-state index in [1.165, 1.54) is 49.9 Å². The monoisotopic (exact) mass is 260 g/mol. The zero-order valence-electron chi connectivity index (χ0n) is 10.5. The Morgan fingerprint density at radius 2 is 2.19 bits per heavy atom. The quantitative estimate of drug-likeness (QED) is 0.815. The van der Waals surface area contributed by atoms with Crippen LogP contribution in [-0.4, -0.2) is 59.1 Å². The molecular weight excluding hydrogens is 236 g/mol. The molecule has 0 aliphatic carbocycles. The largest absolute Gasteiger partial charge is 0.311 e. The molecule has 0 bridgehead atoms. The first-order valence-electron chi connectivity index (χ1n) is 6.33. The van der Waals surface area contributed by atoms with Crippen LogP contribution < -0.4 is 5.32 Å². The maximum atomic E-state index is 3.64. The van der Waals surface area contributed by atoms with Crippen molar-refractivity contribution in [2.24, 2.45) is 0 Å². The second-order valence-electron chi connectivity index (χ2n) is 5.38. The zero-order valence-corrected chi connectivity index (χ0v) is 12.1. The molecule has 0 radical (unpaired) electrons. The standard InChI is InChI=1S/C12H24N2S2/c1-12(2)3-5-14(6-8-16-12)9-11-10-15-7-4-13-11/h11,13H,3-10H2,1-2H3. The van der Waals surface area contributed by atoms with Crippen molar-refractivity contribution in [3.05, 3.63) is 0 Å². The summed E-state index contributed by atoms with van der Waals surface area (Å²) in [6, 6.07) is 0.727. The van der Waals surface area contributed by atoms with Crippen LogP contribution in [0.1, 0.15) is 20.3 Å². The van der Waals surface area contributed by atoms with Gasteiger partial charge in [0, 0.05) is 47.7 Å². The van der Waals surface area contributed by atoms with Gasteiger partial charge in [-0.1, -0.05) is 13.8 Å². The lowest BCUT2D eigenvalue weighted by atomic mass is 10.1. The topological polar surface area (TPSA) is 15.3 Å². The van der Waals surface area contributed by atoms with Gasteiger partial charge in [0.15, 0.2) is 0 Å². The molecule has 2 aliphatic rings. The Labute approximate surface area is 108 Å². The molecule has 2 saturated heterocycles. The fraction of sp³-hybridized carbons (Fsp3) is 1.00. The number of nitrogens with one attached hydrogen (secondary N) is 1. The van der Waals surface area contributed by atoms with Gasteiger partial charge >= 0.3 is 0 Å². The van der Waals surface area contributed by atoms with Crippen molar-refractivity contribution in [3.63, 3.8) is 0 Å². The van der Waals surface area contributed by atoms with E-state index in [1.807, 2.05) is 0 Å². The average Bonchev–Trinajstić information content (AvgIpc) is 2.42. The summed E-state index contributed by atoms with van der Waals surface area (Å²) in [6.07, 6.45) is 1.33. The first kappa shape index (κ1) is 13.1. The summed E-state index contributed by atoms with van der Waals surface area (Å²) in [6.45, 7) is 9.78. The van der Waals surface area contributed by atoms with Crippen LogP contribution in [0.2, 0.25) is 0 Å². The summed E-state index contributed by atoms with van der Waals surface area (Å²) in [7, 11) is 0. The van der Waals surface area contributed by atoms with Crippen molar-refractivity contribution >= 4 is 23.5 Å². The summed E-state index contributed by atoms with van der Waals surface area (Å²) >= 11 is 4.24. The maximum Gasteiger partial charge on any atom is 0.0285 e. The second kappa shape index (κ2) is 5.98. The van der Waals surface area contributed by atoms with E-state index < -0.39 is 0 Å². The lowest BCUT2D eigenvalue weighted by molar-refractivity contribution is 0.258. The molecule has 94 valence electrons. The van der Waals surface area contributed by atoms with Gasteiger partial charge in [-0.25, -0.2) is 0 Å². The van der Waals surface area contributed by atoms with Crippen molar-refractivity contribution < 1.29 is 0 Å². The third-order valence-electron chi connectivity index (χ3n) is 3.41. The average molecular weight is 260 g/mol. The first-order valence-corrected chi connectivity index (χ1v) is 8.47. The van der Waals surface area contributed by atoms with Crippen molar-refractivity contribution in [2.45, 2.75) is 31.1 Å². The minimum Gasteiger partial charge on any atom is -0.311 e. The summed E-state index contributed by atoms with van der Waals surface area (Å²) in [5.74, 6) is 3.89. The molecule has 0 aromatic rings. The number of hydrogen-bond donors (Lipinski definition) is 1. The third-order valence-corrected chi connectivity index (χ3v) is 5.91. The first-order chi connectivity index (χ1) is 7.66. The van der Waals surface area contributed by atoms with Gasteiger partial charge < -0.3 is 10.2 Å². The summed E-state index contributed by atoms with van der Waals surface area (Å²) in [5.41, 5.74) is 0. The van der Waals surface area contributed by atoms with Gasteiger partial charge in [0.1, 0.15) is 0 Å². The van der Waals surface area contributed by atoms with Gasteiger partial charge in [-0.05, 0) is 13.0 Å². The molecule has 0 amide bonds. The Morgan fingerprint density at radius 1 is 1.31 bits per heavy atom. The highest BCUT2D eigenvalue weighted by atomic mass is 32.2. The molecule has 2 aliphatic heterocycles. The summed E-state index contributed by atoms with van der Waals surface area (Å²) in [4.78, 5) is 2.66. The van der Waals surface area contributed by atoms with Crippen molar-refractivity contribution in [2.75, 3.05) is 43.4 Å². The summed E-state index contributed by atoms with van der Waals surface area (Å²) < 4.78 is 0.490. The van der Waals surface area contributed by atoms with E-state index in [0.29, 0.717) is 4.75 Å². The van der Waals surface area contributed by atoms with E-state index in [2.05, 4.69) is 47.6 Å². The van der Waals surface area contributed by atoms with E-state index in [4.69, 9.17) is 0 Å². The minimum absolute atomic E-state index is 0.490. The molecule has 16 heavy (non-hydrogen) atoms.